The Bertz CT molecular complexity index is 644. The topological polar surface area (TPSA) is 98.3 Å². The van der Waals surface area contributed by atoms with E-state index >= 15 is 0 Å². The fourth-order valence-corrected chi connectivity index (χ4v) is 3.97. The minimum Gasteiger partial charge on any atom is -0.382 e. The van der Waals surface area contributed by atoms with Crippen molar-refractivity contribution in [3.05, 3.63) is 12.3 Å². The van der Waals surface area contributed by atoms with Crippen LogP contribution in [0.1, 0.15) is 6.42 Å². The molecule has 1 aliphatic rings. The molecule has 2 heterocycles. The molecule has 0 spiro atoms. The van der Waals surface area contributed by atoms with Crippen molar-refractivity contribution >= 4 is 21.6 Å². The average Bonchev–Trinajstić information content (AvgIpc) is 2.92. The van der Waals surface area contributed by atoms with Gasteiger partial charge in [-0.2, -0.15) is 5.10 Å². The molecule has 0 aromatic carbocycles. The summed E-state index contributed by atoms with van der Waals surface area (Å²) >= 11 is 0. The Morgan fingerprint density at radius 2 is 2.40 bits per heavy atom. The van der Waals surface area contributed by atoms with Crippen LogP contribution in [0.5, 0.6) is 0 Å². The molecule has 0 aliphatic carbocycles. The van der Waals surface area contributed by atoms with E-state index in [1.807, 2.05) is 0 Å². The minimum atomic E-state index is -3.07. The van der Waals surface area contributed by atoms with Crippen LogP contribution in [-0.2, 0) is 21.2 Å². The highest BCUT2D eigenvalue weighted by Crippen LogP contribution is 2.18. The molecule has 0 radical (unpaired) electrons. The second-order valence-electron chi connectivity index (χ2n) is 4.72. The zero-order valence-electron chi connectivity index (χ0n) is 10.9. The van der Waals surface area contributed by atoms with Crippen molar-refractivity contribution in [2.45, 2.75) is 19.0 Å². The largest absolute Gasteiger partial charge is 0.382 e. The first-order chi connectivity index (χ1) is 9.41. The van der Waals surface area contributed by atoms with Gasteiger partial charge in [0.25, 0.3) is 0 Å². The molecule has 1 atom stereocenters. The van der Waals surface area contributed by atoms with E-state index in [1.54, 1.807) is 12.3 Å². The Morgan fingerprint density at radius 1 is 1.65 bits per heavy atom. The molecule has 1 unspecified atom stereocenters. The van der Waals surface area contributed by atoms with Crippen molar-refractivity contribution in [1.29, 1.82) is 0 Å². The van der Waals surface area contributed by atoms with Gasteiger partial charge in [0.05, 0.1) is 18.1 Å². The van der Waals surface area contributed by atoms with Gasteiger partial charge < -0.3 is 10.6 Å². The van der Waals surface area contributed by atoms with E-state index in [4.69, 9.17) is 12.2 Å². The third-order valence-corrected chi connectivity index (χ3v) is 4.94. The lowest BCUT2D eigenvalue weighted by atomic mass is 10.2. The Morgan fingerprint density at radius 3 is 2.90 bits per heavy atom. The second-order valence-corrected chi connectivity index (χ2v) is 6.95. The first kappa shape index (κ1) is 14.4. The molecule has 0 bridgehead atoms. The number of sulfone groups is 1. The Hall–Kier alpha value is -2.01. The molecule has 8 heteroatoms. The van der Waals surface area contributed by atoms with Gasteiger partial charge in [0, 0.05) is 12.2 Å². The molecule has 2 N–H and O–H groups in total. The summed E-state index contributed by atoms with van der Waals surface area (Å²) in [4.78, 5) is 13.7. The maximum Gasteiger partial charge on any atom is 0.245 e. The van der Waals surface area contributed by atoms with Crippen LogP contribution in [0, 0.1) is 12.3 Å². The smallest absolute Gasteiger partial charge is 0.245 e. The first-order valence-corrected chi connectivity index (χ1v) is 7.96. The van der Waals surface area contributed by atoms with E-state index < -0.39 is 9.84 Å². The molecule has 1 aliphatic heterocycles. The Kier molecular flexibility index (Phi) is 3.99. The van der Waals surface area contributed by atoms with Gasteiger partial charge in [0.15, 0.2) is 9.84 Å². The number of carbonyl (C=O) groups is 1. The summed E-state index contributed by atoms with van der Waals surface area (Å²) in [5.74, 6) is 2.54. The number of carbonyl (C=O) groups excluding carboxylic acids is 1. The number of terminal acetylenes is 1. The molecular weight excluding hydrogens is 280 g/mol. The quantitative estimate of drug-likeness (QED) is 0.727. The highest BCUT2D eigenvalue weighted by Gasteiger charge is 2.34. The third kappa shape index (κ3) is 3.30. The number of nitrogens with zero attached hydrogens (tertiary/aromatic N) is 3. The highest BCUT2D eigenvalue weighted by molar-refractivity contribution is 7.91. The van der Waals surface area contributed by atoms with Crippen molar-refractivity contribution in [3.63, 3.8) is 0 Å². The SMILES string of the molecule is C#CCN(C(=O)Cn1ccc(N)n1)C1CCS(=O)(=O)C1. The molecule has 2 rings (SSSR count). The van der Waals surface area contributed by atoms with E-state index in [9.17, 15) is 13.2 Å². The molecule has 108 valence electrons. The summed E-state index contributed by atoms with van der Waals surface area (Å²) in [6, 6.07) is 1.23. The van der Waals surface area contributed by atoms with Crippen LogP contribution in [0.4, 0.5) is 5.82 Å². The lowest BCUT2D eigenvalue weighted by Crippen LogP contribution is -2.43. The molecule has 1 amide bonds. The Labute approximate surface area is 117 Å². The monoisotopic (exact) mass is 296 g/mol. The number of anilines is 1. The lowest BCUT2D eigenvalue weighted by Gasteiger charge is -2.26. The van der Waals surface area contributed by atoms with Crippen molar-refractivity contribution in [2.75, 3.05) is 23.8 Å². The highest BCUT2D eigenvalue weighted by atomic mass is 32.2. The molecule has 1 aromatic heterocycles. The molecular formula is C12H16N4O3S. The number of hydrogen-bond acceptors (Lipinski definition) is 5. The van der Waals surface area contributed by atoms with Crippen LogP contribution in [0.15, 0.2) is 12.3 Å². The fraction of sp³-hybridized carbons (Fsp3) is 0.500. The van der Waals surface area contributed by atoms with Gasteiger partial charge in [0.1, 0.15) is 12.4 Å². The van der Waals surface area contributed by atoms with Gasteiger partial charge in [-0.3, -0.25) is 9.48 Å². The molecule has 20 heavy (non-hydrogen) atoms. The van der Waals surface area contributed by atoms with Gasteiger partial charge in [-0.05, 0) is 12.5 Å². The molecule has 7 nitrogen and oxygen atoms in total. The molecule has 0 saturated carbocycles. The van der Waals surface area contributed by atoms with E-state index in [1.165, 1.54) is 9.58 Å². The van der Waals surface area contributed by atoms with Gasteiger partial charge in [0.2, 0.25) is 5.91 Å². The summed E-state index contributed by atoms with van der Waals surface area (Å²) in [5.41, 5.74) is 5.48. The van der Waals surface area contributed by atoms with E-state index in [2.05, 4.69) is 11.0 Å². The number of nitrogens with two attached hydrogens (primary N) is 1. The van der Waals surface area contributed by atoms with Crippen LogP contribution in [0.2, 0.25) is 0 Å². The van der Waals surface area contributed by atoms with Crippen LogP contribution >= 0.6 is 0 Å². The zero-order chi connectivity index (χ0) is 14.8. The number of aromatic nitrogens is 2. The molecule has 1 fully saturated rings. The predicted molar refractivity (Wildman–Crippen MR) is 74.2 cm³/mol. The van der Waals surface area contributed by atoms with Crippen molar-refractivity contribution in [1.82, 2.24) is 14.7 Å². The van der Waals surface area contributed by atoms with Crippen LogP contribution in [0.3, 0.4) is 0 Å². The van der Waals surface area contributed by atoms with Crippen LogP contribution in [-0.4, -0.2) is 53.1 Å². The van der Waals surface area contributed by atoms with E-state index in [0.717, 1.165) is 0 Å². The second kappa shape index (κ2) is 5.54. The van der Waals surface area contributed by atoms with Gasteiger partial charge >= 0.3 is 0 Å². The first-order valence-electron chi connectivity index (χ1n) is 6.13. The predicted octanol–water partition coefficient (Wildman–Crippen LogP) is -0.886. The average molecular weight is 296 g/mol. The minimum absolute atomic E-state index is 0.00454. The molecule has 1 aromatic rings. The van der Waals surface area contributed by atoms with Gasteiger partial charge in [-0.1, -0.05) is 5.92 Å². The van der Waals surface area contributed by atoms with E-state index in [-0.39, 0.29) is 36.5 Å². The standard InChI is InChI=1S/C12H16N4O3S/c1-2-5-16(10-4-7-20(18,19)9-10)12(17)8-15-6-3-11(13)14-15/h1,3,6,10H,4-5,7-9H2,(H2,13,14). The van der Waals surface area contributed by atoms with Gasteiger partial charge in [-0.15, -0.1) is 6.42 Å². The van der Waals surface area contributed by atoms with Crippen molar-refractivity contribution in [3.8, 4) is 12.3 Å². The number of amides is 1. The molecule has 1 saturated heterocycles. The normalized spacial score (nSPS) is 20.4. The van der Waals surface area contributed by atoms with Crippen molar-refractivity contribution in [2.24, 2.45) is 0 Å². The van der Waals surface area contributed by atoms with Crippen molar-refractivity contribution < 1.29 is 13.2 Å². The summed E-state index contributed by atoms with van der Waals surface area (Å²) in [6.07, 6.45) is 7.28. The Balaban J connectivity index is 2.08. The summed E-state index contributed by atoms with van der Waals surface area (Å²) in [7, 11) is -3.07. The zero-order valence-corrected chi connectivity index (χ0v) is 11.7. The summed E-state index contributed by atoms with van der Waals surface area (Å²) in [6.45, 7) is 0.0885. The maximum atomic E-state index is 12.2. The maximum absolute atomic E-state index is 12.2. The third-order valence-electron chi connectivity index (χ3n) is 3.19. The van der Waals surface area contributed by atoms with Crippen LogP contribution < -0.4 is 5.73 Å². The van der Waals surface area contributed by atoms with Gasteiger partial charge in [-0.25, -0.2) is 8.42 Å². The van der Waals surface area contributed by atoms with Crippen LogP contribution in [0.25, 0.3) is 0 Å². The number of nitrogen functional groups attached to an aromatic ring is 1. The number of hydrogen-bond donors (Lipinski definition) is 1. The lowest BCUT2D eigenvalue weighted by molar-refractivity contribution is -0.133. The summed E-state index contributed by atoms with van der Waals surface area (Å²) < 4.78 is 24.4. The fourth-order valence-electron chi connectivity index (χ4n) is 2.24. The number of rotatable bonds is 4. The van der Waals surface area contributed by atoms with E-state index in [0.29, 0.717) is 12.2 Å². The summed E-state index contributed by atoms with van der Waals surface area (Å²) in [5, 5.41) is 3.93.